The summed E-state index contributed by atoms with van der Waals surface area (Å²) in [5.74, 6) is 0.189. The van der Waals surface area contributed by atoms with Gasteiger partial charge in [0, 0.05) is 33.1 Å². The van der Waals surface area contributed by atoms with Crippen molar-refractivity contribution in [3.63, 3.8) is 0 Å². The highest BCUT2D eigenvalue weighted by Crippen LogP contribution is 2.16. The van der Waals surface area contributed by atoms with Crippen LogP contribution in [0.25, 0.3) is 0 Å². The van der Waals surface area contributed by atoms with Crippen LogP contribution in [0.4, 0.5) is 0 Å². The van der Waals surface area contributed by atoms with Gasteiger partial charge in [0.2, 0.25) is 5.91 Å². The van der Waals surface area contributed by atoms with Crippen molar-refractivity contribution in [2.45, 2.75) is 32.0 Å². The normalized spacial score (nSPS) is 24.8. The Kier molecular flexibility index (Phi) is 3.03. The Hall–Kier alpha value is -0.610. The van der Waals surface area contributed by atoms with Gasteiger partial charge in [0.15, 0.2) is 0 Å². The van der Waals surface area contributed by atoms with Gasteiger partial charge < -0.3 is 15.0 Å². The van der Waals surface area contributed by atoms with Gasteiger partial charge in [-0.2, -0.15) is 0 Å². The zero-order valence-electron chi connectivity index (χ0n) is 8.66. The number of rotatable bonds is 2. The van der Waals surface area contributed by atoms with Gasteiger partial charge in [-0.05, 0) is 12.8 Å². The van der Waals surface area contributed by atoms with E-state index in [0.717, 1.165) is 39.0 Å². The van der Waals surface area contributed by atoms with Gasteiger partial charge in [0.05, 0.1) is 12.2 Å². The summed E-state index contributed by atoms with van der Waals surface area (Å²) < 4.78 is 5.85. The molecule has 2 fully saturated rings. The molecule has 0 radical (unpaired) electrons. The Balaban J connectivity index is 1.69. The lowest BCUT2D eigenvalue weighted by molar-refractivity contribution is -0.132. The second kappa shape index (κ2) is 4.28. The molecule has 0 aromatic heterocycles. The number of nitrogens with zero attached hydrogens (tertiary/aromatic N) is 1. The van der Waals surface area contributed by atoms with Crippen LogP contribution in [0, 0.1) is 0 Å². The van der Waals surface area contributed by atoms with Crippen LogP contribution in [0.15, 0.2) is 0 Å². The van der Waals surface area contributed by atoms with Crippen molar-refractivity contribution in [2.75, 3.05) is 26.2 Å². The molecular weight excluding hydrogens is 180 g/mol. The Bertz CT molecular complexity index is 208. The molecule has 1 amide bonds. The first-order chi connectivity index (χ1) is 6.75. The van der Waals surface area contributed by atoms with E-state index in [2.05, 4.69) is 5.32 Å². The first-order valence-corrected chi connectivity index (χ1v) is 5.37. The molecule has 1 N–H and O–H groups in total. The fourth-order valence-corrected chi connectivity index (χ4v) is 1.94. The summed E-state index contributed by atoms with van der Waals surface area (Å²) in [6.07, 6.45) is 2.79. The second-order valence-electron chi connectivity index (χ2n) is 4.12. The molecule has 0 saturated carbocycles. The van der Waals surface area contributed by atoms with E-state index in [1.807, 2.05) is 4.90 Å². The van der Waals surface area contributed by atoms with Crippen LogP contribution in [0.3, 0.4) is 0 Å². The number of likely N-dealkylation sites (tertiary alicyclic amines) is 1. The molecule has 2 heterocycles. The summed E-state index contributed by atoms with van der Waals surface area (Å²) in [4.78, 5) is 13.0. The summed E-state index contributed by atoms with van der Waals surface area (Å²) in [5.41, 5.74) is 0. The highest BCUT2D eigenvalue weighted by atomic mass is 16.5. The topological polar surface area (TPSA) is 41.6 Å². The average molecular weight is 198 g/mol. The molecule has 0 aromatic carbocycles. The maximum atomic E-state index is 11.1. The van der Waals surface area contributed by atoms with Gasteiger partial charge in [-0.1, -0.05) is 0 Å². The molecule has 2 saturated heterocycles. The first-order valence-electron chi connectivity index (χ1n) is 5.37. The smallest absolute Gasteiger partial charge is 0.219 e. The zero-order chi connectivity index (χ0) is 9.97. The summed E-state index contributed by atoms with van der Waals surface area (Å²) in [6.45, 7) is 5.34. The zero-order valence-corrected chi connectivity index (χ0v) is 8.66. The average Bonchev–Trinajstić information content (AvgIpc) is 2.12. The highest BCUT2D eigenvalue weighted by molar-refractivity contribution is 5.73. The molecule has 2 aliphatic heterocycles. The van der Waals surface area contributed by atoms with E-state index >= 15 is 0 Å². The van der Waals surface area contributed by atoms with Crippen LogP contribution in [-0.2, 0) is 9.53 Å². The fourth-order valence-electron chi connectivity index (χ4n) is 1.94. The van der Waals surface area contributed by atoms with Crippen LogP contribution in [0.2, 0.25) is 0 Å². The maximum Gasteiger partial charge on any atom is 0.219 e. The molecule has 2 aliphatic rings. The third-order valence-electron chi connectivity index (χ3n) is 3.02. The van der Waals surface area contributed by atoms with Gasteiger partial charge in [0.25, 0.3) is 0 Å². The van der Waals surface area contributed by atoms with Crippen molar-refractivity contribution in [3.8, 4) is 0 Å². The van der Waals surface area contributed by atoms with Gasteiger partial charge in [-0.3, -0.25) is 4.79 Å². The minimum Gasteiger partial charge on any atom is -0.372 e. The molecule has 2 rings (SSSR count). The molecule has 0 unspecified atom stereocenters. The summed E-state index contributed by atoms with van der Waals surface area (Å²) >= 11 is 0. The molecule has 0 aromatic rings. The summed E-state index contributed by atoms with van der Waals surface area (Å²) in [5, 5.41) is 3.19. The Morgan fingerprint density at radius 3 is 2.36 bits per heavy atom. The van der Waals surface area contributed by atoms with E-state index in [0.29, 0.717) is 12.2 Å². The number of hydrogen-bond acceptors (Lipinski definition) is 3. The molecule has 0 spiro atoms. The largest absolute Gasteiger partial charge is 0.372 e. The molecule has 0 bridgehead atoms. The third-order valence-corrected chi connectivity index (χ3v) is 3.02. The molecule has 14 heavy (non-hydrogen) atoms. The Morgan fingerprint density at radius 2 is 1.93 bits per heavy atom. The number of amides is 1. The van der Waals surface area contributed by atoms with Crippen molar-refractivity contribution in [1.29, 1.82) is 0 Å². The number of ether oxygens (including phenoxy) is 1. The number of piperidine rings is 1. The standard InChI is InChI=1S/C10H18N2O2/c1-8(13)12-4-2-9(3-5-12)14-10-6-11-7-10/h9-11H,2-7H2,1H3. The van der Waals surface area contributed by atoms with Gasteiger partial charge >= 0.3 is 0 Å². The quantitative estimate of drug-likeness (QED) is 0.678. The van der Waals surface area contributed by atoms with Crippen LogP contribution >= 0.6 is 0 Å². The van der Waals surface area contributed by atoms with Crippen molar-refractivity contribution >= 4 is 5.91 Å². The van der Waals surface area contributed by atoms with Gasteiger partial charge in [0.1, 0.15) is 0 Å². The molecular formula is C10H18N2O2. The van der Waals surface area contributed by atoms with Crippen LogP contribution in [-0.4, -0.2) is 49.2 Å². The predicted molar refractivity (Wildman–Crippen MR) is 53.0 cm³/mol. The molecule has 4 heteroatoms. The van der Waals surface area contributed by atoms with Crippen molar-refractivity contribution in [2.24, 2.45) is 0 Å². The van der Waals surface area contributed by atoms with Crippen molar-refractivity contribution in [1.82, 2.24) is 10.2 Å². The third kappa shape index (κ3) is 2.25. The van der Waals surface area contributed by atoms with E-state index in [-0.39, 0.29) is 5.91 Å². The Morgan fingerprint density at radius 1 is 1.29 bits per heavy atom. The number of nitrogens with one attached hydrogen (secondary N) is 1. The lowest BCUT2D eigenvalue weighted by Crippen LogP contribution is -2.51. The number of hydrogen-bond donors (Lipinski definition) is 1. The number of carbonyl (C=O) groups is 1. The van der Waals surface area contributed by atoms with E-state index in [1.54, 1.807) is 6.92 Å². The Labute approximate surface area is 84.6 Å². The van der Waals surface area contributed by atoms with E-state index < -0.39 is 0 Å². The van der Waals surface area contributed by atoms with Crippen molar-refractivity contribution < 1.29 is 9.53 Å². The SMILES string of the molecule is CC(=O)N1CCC(OC2CNC2)CC1. The van der Waals surface area contributed by atoms with Crippen molar-refractivity contribution in [3.05, 3.63) is 0 Å². The fraction of sp³-hybridized carbons (Fsp3) is 0.900. The maximum absolute atomic E-state index is 11.1. The molecule has 0 aliphatic carbocycles. The van der Waals surface area contributed by atoms with Gasteiger partial charge in [-0.25, -0.2) is 0 Å². The predicted octanol–water partition coefficient (Wildman–Crippen LogP) is -0.0143. The first kappa shape index (κ1) is 9.93. The van der Waals surface area contributed by atoms with E-state index in [1.165, 1.54) is 0 Å². The lowest BCUT2D eigenvalue weighted by Gasteiger charge is -2.36. The van der Waals surface area contributed by atoms with Gasteiger partial charge in [-0.15, -0.1) is 0 Å². The lowest BCUT2D eigenvalue weighted by atomic mass is 10.1. The number of carbonyl (C=O) groups excluding carboxylic acids is 1. The van der Waals surface area contributed by atoms with E-state index in [4.69, 9.17) is 4.74 Å². The highest BCUT2D eigenvalue weighted by Gasteiger charge is 2.26. The summed E-state index contributed by atoms with van der Waals surface area (Å²) in [7, 11) is 0. The minimum atomic E-state index is 0.189. The van der Waals surface area contributed by atoms with Crippen LogP contribution < -0.4 is 5.32 Å². The molecule has 80 valence electrons. The van der Waals surface area contributed by atoms with Crippen LogP contribution in [0.1, 0.15) is 19.8 Å². The molecule has 0 atom stereocenters. The molecule has 4 nitrogen and oxygen atoms in total. The minimum absolute atomic E-state index is 0.189. The summed E-state index contributed by atoms with van der Waals surface area (Å²) in [6, 6.07) is 0. The van der Waals surface area contributed by atoms with E-state index in [9.17, 15) is 4.79 Å². The van der Waals surface area contributed by atoms with Crippen LogP contribution in [0.5, 0.6) is 0 Å². The second-order valence-corrected chi connectivity index (χ2v) is 4.12. The monoisotopic (exact) mass is 198 g/mol.